The lowest BCUT2D eigenvalue weighted by molar-refractivity contribution is -0.137. The minimum Gasteiger partial charge on any atom is -0.370 e. The van der Waals surface area contributed by atoms with Gasteiger partial charge in [-0.1, -0.05) is 0 Å². The number of pyridine rings is 1. The average molecular weight is 490 g/mol. The molecule has 0 bridgehead atoms. The molecule has 5 N–H and O–H groups in total. The highest BCUT2D eigenvalue weighted by Gasteiger charge is 2.47. The zero-order valence-corrected chi connectivity index (χ0v) is 20.2. The summed E-state index contributed by atoms with van der Waals surface area (Å²) in [4.78, 5) is 36.9. The van der Waals surface area contributed by atoms with Crippen molar-refractivity contribution in [1.82, 2.24) is 30.5 Å². The maximum absolute atomic E-state index is 13.8. The van der Waals surface area contributed by atoms with Gasteiger partial charge in [-0.25, -0.2) is 14.8 Å². The second kappa shape index (κ2) is 10.3. The number of halogens is 1. The van der Waals surface area contributed by atoms with Crippen LogP contribution >= 0.6 is 0 Å². The van der Waals surface area contributed by atoms with E-state index < -0.39 is 18.3 Å². The Kier molecular flexibility index (Phi) is 7.17. The molecule has 35 heavy (non-hydrogen) atoms. The fraction of sp³-hybridized carbons (Fsp3) is 0.696. The van der Waals surface area contributed by atoms with Gasteiger partial charge in [0.05, 0.1) is 35.8 Å². The molecule has 5 rings (SSSR count). The molecule has 4 aliphatic rings. The van der Waals surface area contributed by atoms with Crippen LogP contribution in [0.2, 0.25) is 0 Å². The van der Waals surface area contributed by atoms with Crippen molar-refractivity contribution in [1.29, 1.82) is 0 Å². The Morgan fingerprint density at radius 1 is 1.17 bits per heavy atom. The molecule has 1 aromatic heterocycles. The van der Waals surface area contributed by atoms with Crippen molar-refractivity contribution < 1.29 is 14.0 Å². The molecule has 0 aromatic carbocycles. The number of hydrogen-bond donors (Lipinski definition) is 4. The van der Waals surface area contributed by atoms with Crippen LogP contribution in [0.3, 0.4) is 0 Å². The van der Waals surface area contributed by atoms with Crippen LogP contribution in [0.4, 0.5) is 15.8 Å². The van der Waals surface area contributed by atoms with Crippen molar-refractivity contribution >= 4 is 23.2 Å². The smallest absolute Gasteiger partial charge is 0.233 e. The molecule has 192 valence electrons. The molecular formula is C23H36FN9O2. The van der Waals surface area contributed by atoms with E-state index in [1.54, 1.807) is 17.4 Å². The number of hydrogen-bond acceptors (Lipinski definition) is 9. The van der Waals surface area contributed by atoms with Gasteiger partial charge in [-0.15, -0.1) is 0 Å². The molecule has 4 fully saturated rings. The van der Waals surface area contributed by atoms with Gasteiger partial charge in [0.15, 0.2) is 0 Å². The van der Waals surface area contributed by atoms with Crippen molar-refractivity contribution in [3.8, 4) is 0 Å². The summed E-state index contributed by atoms with van der Waals surface area (Å²) in [7, 11) is 2.09. The Balaban J connectivity index is 1.21. The van der Waals surface area contributed by atoms with Crippen LogP contribution in [0, 0.1) is 11.8 Å². The number of carbonyl (C=O) groups is 2. The van der Waals surface area contributed by atoms with Crippen LogP contribution in [-0.2, 0) is 9.59 Å². The Morgan fingerprint density at radius 3 is 2.66 bits per heavy atom. The maximum Gasteiger partial charge on any atom is 0.233 e. The summed E-state index contributed by atoms with van der Waals surface area (Å²) in [5.74, 6) is -0.511. The number of fused-ring (bicyclic) bond motifs is 1. The molecule has 0 spiro atoms. The van der Waals surface area contributed by atoms with E-state index in [9.17, 15) is 14.0 Å². The number of amides is 2. The van der Waals surface area contributed by atoms with Crippen LogP contribution in [0.1, 0.15) is 12.8 Å². The molecule has 2 amide bonds. The third-order valence-corrected chi connectivity index (χ3v) is 7.68. The van der Waals surface area contributed by atoms with E-state index in [1.807, 2.05) is 11.0 Å². The zero-order chi connectivity index (χ0) is 24.5. The van der Waals surface area contributed by atoms with E-state index in [2.05, 4.69) is 37.9 Å². The lowest BCUT2D eigenvalue weighted by Gasteiger charge is -2.38. The van der Waals surface area contributed by atoms with Gasteiger partial charge >= 0.3 is 0 Å². The first kappa shape index (κ1) is 24.3. The number of aromatic nitrogens is 1. The zero-order valence-electron chi connectivity index (χ0n) is 20.2. The SMILES string of the molecule is CN1CCN(C(=O)C2CCN(c3ccncc3NC(=O)C3C(N)NN4CC(F)CNC34)CC2)CC1. The van der Waals surface area contributed by atoms with Gasteiger partial charge in [-0.05, 0) is 26.0 Å². The number of hydrazine groups is 1. The average Bonchev–Trinajstić information content (AvgIpc) is 3.19. The molecule has 4 unspecified atom stereocenters. The van der Waals surface area contributed by atoms with E-state index in [-0.39, 0.29) is 37.0 Å². The molecule has 0 saturated carbocycles. The van der Waals surface area contributed by atoms with Gasteiger partial charge in [0.1, 0.15) is 6.17 Å². The van der Waals surface area contributed by atoms with Crippen molar-refractivity contribution in [3.63, 3.8) is 0 Å². The number of anilines is 2. The molecule has 0 aliphatic carbocycles. The van der Waals surface area contributed by atoms with E-state index in [1.165, 1.54) is 0 Å². The number of rotatable bonds is 4. The summed E-state index contributed by atoms with van der Waals surface area (Å²) in [5.41, 5.74) is 10.7. The van der Waals surface area contributed by atoms with E-state index in [0.29, 0.717) is 5.69 Å². The topological polar surface area (TPSA) is 122 Å². The van der Waals surface area contributed by atoms with Gasteiger partial charge in [0, 0.05) is 64.5 Å². The number of likely N-dealkylation sites (N-methyl/N-ethyl adjacent to an activating group) is 1. The number of nitrogens with two attached hydrogens (primary N) is 1. The summed E-state index contributed by atoms with van der Waals surface area (Å²) in [6.45, 7) is 5.30. The number of carbonyl (C=O) groups excluding carboxylic acids is 2. The summed E-state index contributed by atoms with van der Waals surface area (Å²) in [6, 6.07) is 1.89. The lowest BCUT2D eigenvalue weighted by Crippen LogP contribution is -2.58. The Bertz CT molecular complexity index is 920. The predicted molar refractivity (Wildman–Crippen MR) is 130 cm³/mol. The minimum absolute atomic E-state index is 0.0415. The fourth-order valence-corrected chi connectivity index (χ4v) is 5.61. The lowest BCUT2D eigenvalue weighted by atomic mass is 9.94. The first-order valence-electron chi connectivity index (χ1n) is 12.5. The van der Waals surface area contributed by atoms with Gasteiger partial charge in [-0.2, -0.15) is 0 Å². The Hall–Kier alpha value is -2.38. The highest BCUT2D eigenvalue weighted by Crippen LogP contribution is 2.31. The van der Waals surface area contributed by atoms with E-state index in [4.69, 9.17) is 5.73 Å². The standard InChI is InChI=1S/C23H36FN9O2/c1-30-8-10-32(11-9-30)23(35)15-3-6-31(7-4-15)18-2-5-26-13-17(18)28-22(34)19-20(25)29-33-14-16(24)12-27-21(19)33/h2,5,13,15-16,19-21,27,29H,3-4,6-12,14,25H2,1H3,(H,28,34). The predicted octanol–water partition coefficient (Wildman–Crippen LogP) is -1.00. The molecule has 4 saturated heterocycles. The minimum atomic E-state index is -1.01. The Morgan fingerprint density at radius 2 is 1.91 bits per heavy atom. The van der Waals surface area contributed by atoms with Gasteiger partial charge < -0.3 is 25.8 Å². The van der Waals surface area contributed by atoms with Crippen LogP contribution in [-0.4, -0.2) is 110 Å². The van der Waals surface area contributed by atoms with E-state index in [0.717, 1.165) is 57.8 Å². The second-order valence-corrected chi connectivity index (χ2v) is 10.1. The first-order valence-corrected chi connectivity index (χ1v) is 12.5. The van der Waals surface area contributed by atoms with Crippen molar-refractivity contribution in [3.05, 3.63) is 18.5 Å². The first-order chi connectivity index (χ1) is 16.9. The van der Waals surface area contributed by atoms with E-state index >= 15 is 0 Å². The third-order valence-electron chi connectivity index (χ3n) is 7.68. The highest BCUT2D eigenvalue weighted by atomic mass is 19.1. The molecule has 4 atom stereocenters. The maximum atomic E-state index is 13.8. The number of nitrogens with one attached hydrogen (secondary N) is 3. The van der Waals surface area contributed by atoms with Crippen LogP contribution in [0.5, 0.6) is 0 Å². The number of nitrogens with zero attached hydrogens (tertiary/aromatic N) is 5. The highest BCUT2D eigenvalue weighted by molar-refractivity contribution is 5.96. The molecule has 5 heterocycles. The molecular weight excluding hydrogens is 453 g/mol. The van der Waals surface area contributed by atoms with Crippen LogP contribution in [0.15, 0.2) is 18.5 Å². The Labute approximate surface area is 205 Å². The van der Waals surface area contributed by atoms with Crippen molar-refractivity contribution in [2.45, 2.75) is 31.3 Å². The van der Waals surface area contributed by atoms with Crippen LogP contribution in [0.25, 0.3) is 0 Å². The third kappa shape index (κ3) is 5.12. The van der Waals surface area contributed by atoms with Crippen molar-refractivity contribution in [2.75, 3.05) is 69.6 Å². The van der Waals surface area contributed by atoms with Gasteiger partial charge in [0.25, 0.3) is 0 Å². The van der Waals surface area contributed by atoms with Gasteiger partial charge in [-0.3, -0.25) is 19.9 Å². The summed E-state index contributed by atoms with van der Waals surface area (Å²) in [5, 5.41) is 7.77. The quantitative estimate of drug-likeness (QED) is 0.422. The van der Waals surface area contributed by atoms with Gasteiger partial charge in [0.2, 0.25) is 11.8 Å². The van der Waals surface area contributed by atoms with Crippen LogP contribution < -0.4 is 26.7 Å². The number of piperidine rings is 1. The summed E-state index contributed by atoms with van der Waals surface area (Å²) in [6.07, 6.45) is 2.92. The molecule has 4 aliphatic heterocycles. The normalized spacial score (nSPS) is 30.8. The fourth-order valence-electron chi connectivity index (χ4n) is 5.61. The summed E-state index contributed by atoms with van der Waals surface area (Å²) < 4.78 is 13.8. The molecule has 0 radical (unpaired) electrons. The molecule has 11 nitrogen and oxygen atoms in total. The largest absolute Gasteiger partial charge is 0.370 e. The monoisotopic (exact) mass is 489 g/mol. The number of piperazine rings is 1. The molecule has 1 aromatic rings. The summed E-state index contributed by atoms with van der Waals surface area (Å²) >= 11 is 0. The molecule has 12 heteroatoms. The second-order valence-electron chi connectivity index (χ2n) is 10.1. The number of alkyl halides is 1. The van der Waals surface area contributed by atoms with Crippen molar-refractivity contribution in [2.24, 2.45) is 17.6 Å².